The lowest BCUT2D eigenvalue weighted by atomic mass is 10.1. The first-order chi connectivity index (χ1) is 7.63. The van der Waals surface area contributed by atoms with Crippen molar-refractivity contribution in [2.24, 2.45) is 5.92 Å². The van der Waals surface area contributed by atoms with E-state index in [-0.39, 0.29) is 0 Å². The minimum Gasteiger partial charge on any atom is -0.496 e. The highest BCUT2D eigenvalue weighted by atomic mass is 35.5. The van der Waals surface area contributed by atoms with Gasteiger partial charge < -0.3 is 10.1 Å². The Morgan fingerprint density at radius 3 is 2.75 bits per heavy atom. The summed E-state index contributed by atoms with van der Waals surface area (Å²) in [4.78, 5) is 0. The van der Waals surface area contributed by atoms with Crippen LogP contribution in [-0.2, 0) is 6.42 Å². The quantitative estimate of drug-likeness (QED) is 0.773. The molecule has 0 saturated carbocycles. The van der Waals surface area contributed by atoms with Crippen LogP contribution < -0.4 is 10.1 Å². The van der Waals surface area contributed by atoms with Crippen LogP contribution in [0.1, 0.15) is 19.4 Å². The Kier molecular flexibility index (Phi) is 5.64. The van der Waals surface area contributed by atoms with Gasteiger partial charge in [0.1, 0.15) is 5.75 Å². The van der Waals surface area contributed by atoms with Gasteiger partial charge in [-0.3, -0.25) is 0 Å². The smallest absolute Gasteiger partial charge is 0.122 e. The van der Waals surface area contributed by atoms with Gasteiger partial charge in [0.15, 0.2) is 0 Å². The van der Waals surface area contributed by atoms with Crippen molar-refractivity contribution in [2.75, 3.05) is 20.2 Å². The zero-order valence-electron chi connectivity index (χ0n) is 10.2. The molecule has 0 radical (unpaired) electrons. The van der Waals surface area contributed by atoms with E-state index in [4.69, 9.17) is 16.3 Å². The molecule has 1 rings (SSSR count). The van der Waals surface area contributed by atoms with Crippen LogP contribution in [0.3, 0.4) is 0 Å². The molecule has 0 spiro atoms. The van der Waals surface area contributed by atoms with Crippen molar-refractivity contribution in [3.63, 3.8) is 0 Å². The fourth-order valence-electron chi connectivity index (χ4n) is 1.56. The van der Waals surface area contributed by atoms with Gasteiger partial charge in [-0.05, 0) is 49.2 Å². The van der Waals surface area contributed by atoms with Crippen LogP contribution in [0.15, 0.2) is 18.2 Å². The first-order valence-corrected chi connectivity index (χ1v) is 6.04. The number of halogens is 1. The molecule has 90 valence electrons. The Bertz CT molecular complexity index is 326. The Hall–Kier alpha value is -0.730. The third kappa shape index (κ3) is 4.42. The van der Waals surface area contributed by atoms with Crippen molar-refractivity contribution in [3.8, 4) is 5.75 Å². The third-order valence-corrected chi connectivity index (χ3v) is 2.60. The zero-order chi connectivity index (χ0) is 12.0. The van der Waals surface area contributed by atoms with Crippen molar-refractivity contribution < 1.29 is 4.74 Å². The number of methoxy groups -OCH3 is 1. The van der Waals surface area contributed by atoms with E-state index >= 15 is 0 Å². The molecule has 0 saturated heterocycles. The second-order valence-electron chi connectivity index (χ2n) is 4.30. The van der Waals surface area contributed by atoms with Gasteiger partial charge in [-0.15, -0.1) is 0 Å². The molecule has 16 heavy (non-hydrogen) atoms. The van der Waals surface area contributed by atoms with E-state index in [0.29, 0.717) is 5.92 Å². The highest BCUT2D eigenvalue weighted by molar-refractivity contribution is 6.30. The van der Waals surface area contributed by atoms with Gasteiger partial charge >= 0.3 is 0 Å². The summed E-state index contributed by atoms with van der Waals surface area (Å²) in [6.07, 6.45) is 0.941. The largest absolute Gasteiger partial charge is 0.496 e. The zero-order valence-corrected chi connectivity index (χ0v) is 11.0. The second-order valence-corrected chi connectivity index (χ2v) is 4.74. The summed E-state index contributed by atoms with van der Waals surface area (Å²) in [7, 11) is 1.69. The lowest BCUT2D eigenvalue weighted by Gasteiger charge is -2.10. The van der Waals surface area contributed by atoms with Gasteiger partial charge in [0.05, 0.1) is 7.11 Å². The Morgan fingerprint density at radius 2 is 2.12 bits per heavy atom. The standard InChI is InChI=1S/C13H20ClNO/c1-10(2)9-15-7-6-11-8-12(14)4-5-13(11)16-3/h4-5,8,10,15H,6-7,9H2,1-3H3. The van der Waals surface area contributed by atoms with Gasteiger partial charge in [0.2, 0.25) is 0 Å². The van der Waals surface area contributed by atoms with Crippen molar-refractivity contribution in [3.05, 3.63) is 28.8 Å². The molecule has 0 aliphatic carbocycles. The molecular weight excluding hydrogens is 222 g/mol. The Labute approximate surface area is 103 Å². The van der Waals surface area contributed by atoms with E-state index in [1.165, 1.54) is 0 Å². The molecular formula is C13H20ClNO. The van der Waals surface area contributed by atoms with Crippen molar-refractivity contribution in [1.29, 1.82) is 0 Å². The van der Waals surface area contributed by atoms with E-state index in [0.717, 1.165) is 35.8 Å². The molecule has 0 heterocycles. The van der Waals surface area contributed by atoms with Crippen molar-refractivity contribution in [1.82, 2.24) is 5.32 Å². The molecule has 0 amide bonds. The maximum atomic E-state index is 5.96. The minimum atomic E-state index is 0.682. The minimum absolute atomic E-state index is 0.682. The SMILES string of the molecule is COc1ccc(Cl)cc1CCNCC(C)C. The molecule has 0 atom stereocenters. The lowest BCUT2D eigenvalue weighted by molar-refractivity contribution is 0.409. The monoisotopic (exact) mass is 241 g/mol. The number of hydrogen-bond donors (Lipinski definition) is 1. The molecule has 1 aromatic carbocycles. The van der Waals surface area contributed by atoms with Crippen LogP contribution in [0.5, 0.6) is 5.75 Å². The molecule has 3 heteroatoms. The second kappa shape index (κ2) is 6.77. The summed E-state index contributed by atoms with van der Waals surface area (Å²) < 4.78 is 5.29. The third-order valence-electron chi connectivity index (χ3n) is 2.37. The predicted octanol–water partition coefficient (Wildman–Crippen LogP) is 3.14. The average Bonchev–Trinajstić information content (AvgIpc) is 2.24. The molecule has 2 nitrogen and oxygen atoms in total. The maximum absolute atomic E-state index is 5.96. The van der Waals surface area contributed by atoms with Gasteiger partial charge in [-0.2, -0.15) is 0 Å². The molecule has 0 aromatic heterocycles. The topological polar surface area (TPSA) is 21.3 Å². The molecule has 0 aliphatic heterocycles. The van der Waals surface area contributed by atoms with Gasteiger partial charge in [-0.25, -0.2) is 0 Å². The fourth-order valence-corrected chi connectivity index (χ4v) is 1.75. The summed E-state index contributed by atoms with van der Waals surface area (Å²) in [5, 5.41) is 4.17. The van der Waals surface area contributed by atoms with Crippen LogP contribution >= 0.6 is 11.6 Å². The summed E-state index contributed by atoms with van der Waals surface area (Å²) in [6.45, 7) is 6.40. The van der Waals surface area contributed by atoms with Gasteiger partial charge in [0, 0.05) is 5.02 Å². The highest BCUT2D eigenvalue weighted by Crippen LogP contribution is 2.22. The lowest BCUT2D eigenvalue weighted by Crippen LogP contribution is -2.22. The van der Waals surface area contributed by atoms with Crippen LogP contribution in [0.25, 0.3) is 0 Å². The first-order valence-electron chi connectivity index (χ1n) is 5.66. The molecule has 0 unspecified atom stereocenters. The number of rotatable bonds is 6. The first kappa shape index (κ1) is 13.3. The molecule has 1 aromatic rings. The number of benzene rings is 1. The van der Waals surface area contributed by atoms with Crippen LogP contribution in [0, 0.1) is 5.92 Å². The van der Waals surface area contributed by atoms with E-state index < -0.39 is 0 Å². The van der Waals surface area contributed by atoms with Gasteiger partial charge in [-0.1, -0.05) is 25.4 Å². The highest BCUT2D eigenvalue weighted by Gasteiger charge is 2.03. The van der Waals surface area contributed by atoms with E-state index in [2.05, 4.69) is 19.2 Å². The van der Waals surface area contributed by atoms with Crippen LogP contribution in [0.4, 0.5) is 0 Å². The van der Waals surface area contributed by atoms with E-state index in [9.17, 15) is 0 Å². The van der Waals surface area contributed by atoms with Crippen molar-refractivity contribution in [2.45, 2.75) is 20.3 Å². The normalized spacial score (nSPS) is 10.8. The van der Waals surface area contributed by atoms with Crippen molar-refractivity contribution >= 4 is 11.6 Å². The van der Waals surface area contributed by atoms with Crippen LogP contribution in [0.2, 0.25) is 5.02 Å². The summed E-state index contributed by atoms with van der Waals surface area (Å²) >= 11 is 5.96. The summed E-state index contributed by atoms with van der Waals surface area (Å²) in [5.41, 5.74) is 1.16. The fraction of sp³-hybridized carbons (Fsp3) is 0.538. The predicted molar refractivity (Wildman–Crippen MR) is 69.4 cm³/mol. The number of ether oxygens (including phenoxy) is 1. The summed E-state index contributed by atoms with van der Waals surface area (Å²) in [6, 6.07) is 5.74. The Morgan fingerprint density at radius 1 is 1.38 bits per heavy atom. The Balaban J connectivity index is 2.48. The number of nitrogens with one attached hydrogen (secondary N) is 1. The molecule has 0 fully saturated rings. The van der Waals surface area contributed by atoms with E-state index in [1.807, 2.05) is 18.2 Å². The van der Waals surface area contributed by atoms with E-state index in [1.54, 1.807) is 7.11 Å². The average molecular weight is 242 g/mol. The van der Waals surface area contributed by atoms with Crippen LogP contribution in [-0.4, -0.2) is 20.2 Å². The molecule has 0 aliphatic rings. The molecule has 0 bridgehead atoms. The summed E-state index contributed by atoms with van der Waals surface area (Å²) in [5.74, 6) is 1.59. The number of hydrogen-bond acceptors (Lipinski definition) is 2. The van der Waals surface area contributed by atoms with Gasteiger partial charge in [0.25, 0.3) is 0 Å². The molecule has 1 N–H and O–H groups in total. The maximum Gasteiger partial charge on any atom is 0.122 e.